The fourth-order valence-corrected chi connectivity index (χ4v) is 4.26. The van der Waals surface area contributed by atoms with Crippen molar-refractivity contribution in [3.63, 3.8) is 0 Å². The first-order valence-corrected chi connectivity index (χ1v) is 8.18. The van der Waals surface area contributed by atoms with Crippen molar-refractivity contribution in [2.45, 2.75) is 56.5 Å². The lowest BCUT2D eigenvalue weighted by atomic mass is 9.95. The van der Waals surface area contributed by atoms with Crippen LogP contribution in [-0.2, 0) is 21.4 Å². The molecule has 3 atom stereocenters. The van der Waals surface area contributed by atoms with Crippen LogP contribution in [0.4, 0.5) is 0 Å². The molecule has 4 heteroatoms. The molecule has 4 rings (SSSR count). The van der Waals surface area contributed by atoms with Crippen LogP contribution in [0.1, 0.15) is 43.7 Å². The standard InChI is InChI=1S/C18H21NO3/c1-11(17(21)22)19(13-6-7-13)16(20)15-10-18(15)9-8-12-4-2-3-5-14(12)18/h2-5,11,13,15H,6-10H2,1H3,(H,21,22). The molecule has 3 aliphatic carbocycles. The predicted molar refractivity (Wildman–Crippen MR) is 81.5 cm³/mol. The van der Waals surface area contributed by atoms with Crippen molar-refractivity contribution in [3.8, 4) is 0 Å². The zero-order valence-electron chi connectivity index (χ0n) is 12.8. The normalized spacial score (nSPS) is 30.0. The molecule has 2 fully saturated rings. The monoisotopic (exact) mass is 299 g/mol. The van der Waals surface area contributed by atoms with E-state index < -0.39 is 12.0 Å². The first kappa shape index (κ1) is 13.8. The van der Waals surface area contributed by atoms with Gasteiger partial charge in [0.15, 0.2) is 0 Å². The topological polar surface area (TPSA) is 57.6 Å². The number of nitrogens with zero attached hydrogens (tertiary/aromatic N) is 1. The quantitative estimate of drug-likeness (QED) is 0.928. The lowest BCUT2D eigenvalue weighted by Crippen LogP contribution is -2.46. The Morgan fingerprint density at radius 2 is 2.05 bits per heavy atom. The van der Waals surface area contributed by atoms with Gasteiger partial charge in [0.1, 0.15) is 6.04 Å². The zero-order chi connectivity index (χ0) is 15.5. The highest BCUT2D eigenvalue weighted by atomic mass is 16.4. The summed E-state index contributed by atoms with van der Waals surface area (Å²) in [5, 5.41) is 9.30. The number of hydrogen-bond donors (Lipinski definition) is 1. The summed E-state index contributed by atoms with van der Waals surface area (Å²) in [6.07, 6.45) is 4.85. The van der Waals surface area contributed by atoms with Crippen LogP contribution >= 0.6 is 0 Å². The SMILES string of the molecule is CC(C(=O)O)N(C(=O)C1CC12CCc1ccccc12)C1CC1. The molecule has 1 amide bonds. The first-order valence-electron chi connectivity index (χ1n) is 8.18. The van der Waals surface area contributed by atoms with Crippen LogP contribution in [0.3, 0.4) is 0 Å². The van der Waals surface area contributed by atoms with Gasteiger partial charge in [0.25, 0.3) is 0 Å². The summed E-state index contributed by atoms with van der Waals surface area (Å²) in [6, 6.07) is 7.84. The second kappa shape index (κ2) is 4.58. The number of rotatable bonds is 4. The minimum Gasteiger partial charge on any atom is -0.480 e. The maximum Gasteiger partial charge on any atom is 0.326 e. The number of carbonyl (C=O) groups excluding carboxylic acids is 1. The molecule has 0 heterocycles. The van der Waals surface area contributed by atoms with Gasteiger partial charge < -0.3 is 10.0 Å². The third kappa shape index (κ3) is 1.89. The van der Waals surface area contributed by atoms with Crippen molar-refractivity contribution in [3.05, 3.63) is 35.4 Å². The van der Waals surface area contributed by atoms with Crippen molar-refractivity contribution in [1.29, 1.82) is 0 Å². The van der Waals surface area contributed by atoms with Gasteiger partial charge in [-0.25, -0.2) is 4.79 Å². The number of carboxylic acids is 1. The highest BCUT2D eigenvalue weighted by molar-refractivity contribution is 5.89. The van der Waals surface area contributed by atoms with Crippen LogP contribution in [0, 0.1) is 5.92 Å². The number of fused-ring (bicyclic) bond motifs is 2. The van der Waals surface area contributed by atoms with Crippen LogP contribution < -0.4 is 0 Å². The molecule has 1 aromatic rings. The van der Waals surface area contributed by atoms with E-state index in [0.29, 0.717) is 0 Å². The fraction of sp³-hybridized carbons (Fsp3) is 0.556. The maximum atomic E-state index is 13.0. The summed E-state index contributed by atoms with van der Waals surface area (Å²) >= 11 is 0. The van der Waals surface area contributed by atoms with Gasteiger partial charge in [-0.2, -0.15) is 0 Å². The summed E-state index contributed by atoms with van der Waals surface area (Å²) in [7, 11) is 0. The second-order valence-electron chi connectivity index (χ2n) is 7.06. The number of benzene rings is 1. The predicted octanol–water partition coefficient (Wildman–Crippen LogP) is 2.35. The highest BCUT2D eigenvalue weighted by Crippen LogP contribution is 2.62. The largest absolute Gasteiger partial charge is 0.480 e. The molecule has 0 bridgehead atoms. The van der Waals surface area contributed by atoms with E-state index in [1.807, 2.05) is 6.07 Å². The Balaban J connectivity index is 1.59. The van der Waals surface area contributed by atoms with E-state index >= 15 is 0 Å². The molecule has 0 saturated heterocycles. The van der Waals surface area contributed by atoms with Crippen molar-refractivity contribution >= 4 is 11.9 Å². The van der Waals surface area contributed by atoms with E-state index in [9.17, 15) is 14.7 Å². The Hall–Kier alpha value is -1.84. The van der Waals surface area contributed by atoms with Gasteiger partial charge in [0, 0.05) is 17.4 Å². The van der Waals surface area contributed by atoms with Crippen LogP contribution in [0.5, 0.6) is 0 Å². The van der Waals surface area contributed by atoms with E-state index in [1.54, 1.807) is 11.8 Å². The number of aliphatic carboxylic acids is 1. The van der Waals surface area contributed by atoms with Crippen molar-refractivity contribution in [2.75, 3.05) is 0 Å². The summed E-state index contributed by atoms with van der Waals surface area (Å²) in [5.41, 5.74) is 2.69. The van der Waals surface area contributed by atoms with Gasteiger partial charge in [0.2, 0.25) is 5.91 Å². The maximum absolute atomic E-state index is 13.0. The molecule has 0 aliphatic heterocycles. The number of carboxylic acid groups (broad SMARTS) is 1. The van der Waals surface area contributed by atoms with Gasteiger partial charge in [-0.3, -0.25) is 4.79 Å². The Morgan fingerprint density at radius 3 is 2.73 bits per heavy atom. The first-order chi connectivity index (χ1) is 10.5. The summed E-state index contributed by atoms with van der Waals surface area (Å²) in [5.74, 6) is -0.852. The van der Waals surface area contributed by atoms with Crippen LogP contribution in [0.15, 0.2) is 24.3 Å². The van der Waals surface area contributed by atoms with Crippen molar-refractivity contribution in [1.82, 2.24) is 4.90 Å². The molecule has 1 spiro atoms. The molecule has 1 aromatic carbocycles. The fourth-order valence-electron chi connectivity index (χ4n) is 4.26. The molecule has 22 heavy (non-hydrogen) atoms. The zero-order valence-corrected chi connectivity index (χ0v) is 12.8. The molecule has 1 N–H and O–H groups in total. The second-order valence-corrected chi connectivity index (χ2v) is 7.06. The minimum atomic E-state index is -0.901. The van der Waals surface area contributed by atoms with Gasteiger partial charge in [-0.05, 0) is 50.2 Å². The summed E-state index contributed by atoms with van der Waals surface area (Å²) < 4.78 is 0. The average Bonchev–Trinajstić information content (AvgIpc) is 3.39. The average molecular weight is 299 g/mol. The minimum absolute atomic E-state index is 0.000952. The molecule has 4 nitrogen and oxygen atoms in total. The number of carbonyl (C=O) groups is 2. The number of hydrogen-bond acceptors (Lipinski definition) is 2. The summed E-state index contributed by atoms with van der Waals surface area (Å²) in [4.78, 5) is 26.0. The van der Waals surface area contributed by atoms with Gasteiger partial charge in [-0.15, -0.1) is 0 Å². The van der Waals surface area contributed by atoms with Crippen LogP contribution in [0.25, 0.3) is 0 Å². The van der Waals surface area contributed by atoms with Gasteiger partial charge in [-0.1, -0.05) is 24.3 Å². The molecule has 0 radical (unpaired) electrons. The van der Waals surface area contributed by atoms with Crippen LogP contribution in [0.2, 0.25) is 0 Å². The Kier molecular flexibility index (Phi) is 2.87. The Bertz CT molecular complexity index is 651. The molecule has 0 aromatic heterocycles. The number of aryl methyl sites for hydroxylation is 1. The smallest absolute Gasteiger partial charge is 0.326 e. The van der Waals surface area contributed by atoms with E-state index in [0.717, 1.165) is 32.1 Å². The van der Waals surface area contributed by atoms with Gasteiger partial charge in [0.05, 0.1) is 0 Å². The molecular formula is C18H21NO3. The van der Waals surface area contributed by atoms with E-state index in [2.05, 4.69) is 18.2 Å². The molecule has 116 valence electrons. The van der Waals surface area contributed by atoms with Crippen molar-refractivity contribution < 1.29 is 14.7 Å². The Labute approximate surface area is 130 Å². The third-order valence-electron chi connectivity index (χ3n) is 5.74. The van der Waals surface area contributed by atoms with Gasteiger partial charge >= 0.3 is 5.97 Å². The third-order valence-corrected chi connectivity index (χ3v) is 5.74. The van der Waals surface area contributed by atoms with E-state index in [1.165, 1.54) is 11.1 Å². The molecule has 2 saturated carbocycles. The lowest BCUT2D eigenvalue weighted by molar-refractivity contribution is -0.150. The summed E-state index contributed by atoms with van der Waals surface area (Å²) in [6.45, 7) is 1.64. The number of amides is 1. The van der Waals surface area contributed by atoms with Crippen LogP contribution in [-0.4, -0.2) is 34.0 Å². The highest BCUT2D eigenvalue weighted by Gasteiger charge is 2.63. The molecule has 3 unspecified atom stereocenters. The van der Waals surface area contributed by atoms with E-state index in [4.69, 9.17) is 0 Å². The Morgan fingerprint density at radius 1 is 1.32 bits per heavy atom. The van der Waals surface area contributed by atoms with Crippen molar-refractivity contribution in [2.24, 2.45) is 5.92 Å². The van der Waals surface area contributed by atoms with E-state index in [-0.39, 0.29) is 23.3 Å². The lowest BCUT2D eigenvalue weighted by Gasteiger charge is -2.27. The molecule has 3 aliphatic rings. The molecular weight excluding hydrogens is 278 g/mol.